The number of amides is 1. The lowest BCUT2D eigenvalue weighted by Crippen LogP contribution is -2.21. The van der Waals surface area contributed by atoms with E-state index in [1.54, 1.807) is 0 Å². The van der Waals surface area contributed by atoms with Crippen molar-refractivity contribution >= 4 is 33.9 Å². The number of anilines is 1. The molecule has 0 radical (unpaired) electrons. The van der Waals surface area contributed by atoms with E-state index in [9.17, 15) is 19.7 Å². The Balaban J connectivity index is 1.79. The smallest absolute Gasteiger partial charge is 0.341 e. The average molecular weight is 471 g/mol. The molecule has 0 bridgehead atoms. The van der Waals surface area contributed by atoms with Gasteiger partial charge < -0.3 is 19.5 Å². The van der Waals surface area contributed by atoms with Gasteiger partial charge in [0.05, 0.1) is 18.6 Å². The van der Waals surface area contributed by atoms with Crippen molar-refractivity contribution in [1.29, 1.82) is 0 Å². The minimum Gasteiger partial charge on any atom is -0.494 e. The number of carbonyl (C=O) groups excluding carboxylic acids is 2. The van der Waals surface area contributed by atoms with E-state index in [0.717, 1.165) is 10.4 Å². The lowest BCUT2D eigenvalue weighted by Gasteiger charge is -2.10. The number of hydrogen-bond acceptors (Lipinski definition) is 8. The molecule has 9 nitrogen and oxygen atoms in total. The zero-order valence-electron chi connectivity index (χ0n) is 18.2. The molecule has 0 spiro atoms. The number of thiophene rings is 1. The monoisotopic (exact) mass is 470 g/mol. The number of ether oxygens (including phenoxy) is 3. The number of aryl methyl sites for hydroxylation is 1. The highest BCUT2D eigenvalue weighted by Crippen LogP contribution is 2.40. The van der Waals surface area contributed by atoms with Gasteiger partial charge in [0.1, 0.15) is 22.1 Å². The van der Waals surface area contributed by atoms with Gasteiger partial charge in [-0.2, -0.15) is 0 Å². The average Bonchev–Trinajstić information content (AvgIpc) is 3.13. The molecule has 172 valence electrons. The first kappa shape index (κ1) is 23.7. The van der Waals surface area contributed by atoms with Crippen LogP contribution in [0, 0.1) is 17.0 Å². The minimum absolute atomic E-state index is 0.0783. The van der Waals surface area contributed by atoms with Crippen LogP contribution in [0.2, 0.25) is 0 Å². The summed E-state index contributed by atoms with van der Waals surface area (Å²) >= 11 is 1.25. The lowest BCUT2D eigenvalue weighted by molar-refractivity contribution is -0.384. The van der Waals surface area contributed by atoms with Crippen LogP contribution in [0.1, 0.15) is 22.2 Å². The number of esters is 1. The van der Waals surface area contributed by atoms with Gasteiger partial charge in [0.15, 0.2) is 6.61 Å². The molecule has 3 aromatic rings. The summed E-state index contributed by atoms with van der Waals surface area (Å²) in [6, 6.07) is 12.7. The molecule has 10 heteroatoms. The topological polar surface area (TPSA) is 117 Å². The number of hydrogen-bond donors (Lipinski definition) is 1. The Morgan fingerprint density at radius 1 is 1.03 bits per heavy atom. The van der Waals surface area contributed by atoms with Crippen LogP contribution >= 0.6 is 11.3 Å². The van der Waals surface area contributed by atoms with Crippen LogP contribution in [0.25, 0.3) is 11.1 Å². The molecule has 0 aliphatic carbocycles. The Morgan fingerprint density at radius 3 is 2.21 bits per heavy atom. The predicted molar refractivity (Wildman–Crippen MR) is 124 cm³/mol. The first-order valence-electron chi connectivity index (χ1n) is 9.96. The van der Waals surface area contributed by atoms with E-state index in [2.05, 4.69) is 5.32 Å². The summed E-state index contributed by atoms with van der Waals surface area (Å²) in [7, 11) is 1.28. The van der Waals surface area contributed by atoms with Gasteiger partial charge >= 0.3 is 5.97 Å². The Kier molecular flexibility index (Phi) is 7.62. The van der Waals surface area contributed by atoms with Gasteiger partial charge in [-0.3, -0.25) is 14.9 Å². The SMILES string of the molecule is CCOc1ccc(-c2c(C)sc(NC(=O)COc3ccc([N+](=O)[O-])cc3)c2C(=O)OC)cc1. The van der Waals surface area contributed by atoms with E-state index in [1.165, 1.54) is 42.7 Å². The van der Waals surface area contributed by atoms with Crippen LogP contribution in [0.4, 0.5) is 10.7 Å². The van der Waals surface area contributed by atoms with E-state index in [-0.39, 0.29) is 17.9 Å². The number of nitro groups is 1. The van der Waals surface area contributed by atoms with Crippen molar-refractivity contribution < 1.29 is 28.7 Å². The highest BCUT2D eigenvalue weighted by Gasteiger charge is 2.25. The molecule has 0 aliphatic rings. The molecule has 0 saturated heterocycles. The molecule has 0 fully saturated rings. The van der Waals surface area contributed by atoms with Gasteiger partial charge in [-0.1, -0.05) is 12.1 Å². The maximum absolute atomic E-state index is 12.6. The van der Waals surface area contributed by atoms with Crippen LogP contribution in [-0.4, -0.2) is 37.1 Å². The quantitative estimate of drug-likeness (QED) is 0.270. The number of non-ortho nitro benzene ring substituents is 1. The number of nitrogens with one attached hydrogen (secondary N) is 1. The summed E-state index contributed by atoms with van der Waals surface area (Å²) in [5.41, 5.74) is 1.63. The number of nitro benzene ring substituents is 1. The van der Waals surface area contributed by atoms with Crippen molar-refractivity contribution in [3.8, 4) is 22.6 Å². The van der Waals surface area contributed by atoms with Crippen molar-refractivity contribution in [2.75, 3.05) is 25.6 Å². The van der Waals surface area contributed by atoms with Crippen molar-refractivity contribution in [2.24, 2.45) is 0 Å². The molecular formula is C23H22N2O7S. The summed E-state index contributed by atoms with van der Waals surface area (Å²) in [6.45, 7) is 3.95. The number of carbonyl (C=O) groups is 2. The summed E-state index contributed by atoms with van der Waals surface area (Å²) in [5, 5.41) is 13.8. The zero-order chi connectivity index (χ0) is 24.0. The fraction of sp³-hybridized carbons (Fsp3) is 0.217. The molecule has 1 heterocycles. The number of nitrogens with zero attached hydrogens (tertiary/aromatic N) is 1. The molecule has 0 unspecified atom stereocenters. The van der Waals surface area contributed by atoms with E-state index in [0.29, 0.717) is 28.7 Å². The fourth-order valence-corrected chi connectivity index (χ4v) is 4.22. The van der Waals surface area contributed by atoms with Crippen LogP contribution in [0.5, 0.6) is 11.5 Å². The second-order valence-electron chi connectivity index (χ2n) is 6.77. The van der Waals surface area contributed by atoms with Crippen molar-refractivity contribution in [3.63, 3.8) is 0 Å². The van der Waals surface area contributed by atoms with Crippen LogP contribution < -0.4 is 14.8 Å². The molecular weight excluding hydrogens is 448 g/mol. The first-order chi connectivity index (χ1) is 15.8. The first-order valence-corrected chi connectivity index (χ1v) is 10.8. The molecule has 0 aliphatic heterocycles. The molecule has 1 N–H and O–H groups in total. The highest BCUT2D eigenvalue weighted by molar-refractivity contribution is 7.17. The highest BCUT2D eigenvalue weighted by atomic mass is 32.1. The summed E-state index contributed by atoms with van der Waals surface area (Å²) in [4.78, 5) is 36.1. The molecule has 0 atom stereocenters. The van der Waals surface area contributed by atoms with Gasteiger partial charge in [0.2, 0.25) is 0 Å². The van der Waals surface area contributed by atoms with Crippen LogP contribution in [-0.2, 0) is 9.53 Å². The maximum atomic E-state index is 12.6. The molecule has 3 rings (SSSR count). The zero-order valence-corrected chi connectivity index (χ0v) is 19.1. The Morgan fingerprint density at radius 2 is 1.64 bits per heavy atom. The number of benzene rings is 2. The second-order valence-corrected chi connectivity index (χ2v) is 8.00. The van der Waals surface area contributed by atoms with Crippen molar-refractivity contribution in [3.05, 3.63) is 69.1 Å². The van der Waals surface area contributed by atoms with Gasteiger partial charge in [-0.05, 0) is 43.7 Å². The van der Waals surface area contributed by atoms with Gasteiger partial charge in [-0.25, -0.2) is 4.79 Å². The van der Waals surface area contributed by atoms with Crippen molar-refractivity contribution in [2.45, 2.75) is 13.8 Å². The lowest BCUT2D eigenvalue weighted by atomic mass is 10.0. The normalized spacial score (nSPS) is 10.4. The summed E-state index contributed by atoms with van der Waals surface area (Å²) in [5.74, 6) is -0.0418. The second kappa shape index (κ2) is 10.6. The van der Waals surface area contributed by atoms with Crippen LogP contribution in [0.3, 0.4) is 0 Å². The van der Waals surface area contributed by atoms with E-state index < -0.39 is 16.8 Å². The van der Waals surface area contributed by atoms with Crippen molar-refractivity contribution in [1.82, 2.24) is 0 Å². The number of methoxy groups -OCH3 is 1. The van der Waals surface area contributed by atoms with Gasteiger partial charge in [0.25, 0.3) is 11.6 Å². The fourth-order valence-electron chi connectivity index (χ4n) is 3.14. The Hall–Kier alpha value is -3.92. The van der Waals surface area contributed by atoms with E-state index >= 15 is 0 Å². The van der Waals surface area contributed by atoms with Gasteiger partial charge in [0, 0.05) is 22.6 Å². The van der Waals surface area contributed by atoms with E-state index in [4.69, 9.17) is 14.2 Å². The third-order valence-corrected chi connectivity index (χ3v) is 5.62. The minimum atomic E-state index is -0.574. The maximum Gasteiger partial charge on any atom is 0.341 e. The molecule has 1 amide bonds. The third kappa shape index (κ3) is 5.66. The number of rotatable bonds is 9. The Bertz CT molecular complexity index is 1150. The predicted octanol–water partition coefficient (Wildman–Crippen LogP) is 4.83. The largest absolute Gasteiger partial charge is 0.494 e. The summed E-state index contributed by atoms with van der Waals surface area (Å²) in [6.07, 6.45) is 0. The Labute approximate surface area is 194 Å². The third-order valence-electron chi connectivity index (χ3n) is 4.60. The van der Waals surface area contributed by atoms with Gasteiger partial charge in [-0.15, -0.1) is 11.3 Å². The molecule has 0 saturated carbocycles. The molecule has 1 aromatic heterocycles. The van der Waals surface area contributed by atoms with Crippen LogP contribution in [0.15, 0.2) is 48.5 Å². The molecule has 33 heavy (non-hydrogen) atoms. The standard InChI is InChI=1S/C23H22N2O7S/c1-4-31-17-9-5-15(6-10-17)20-14(2)33-22(21(20)23(27)30-3)24-19(26)13-32-18-11-7-16(8-12-18)25(28)29/h5-12H,4,13H2,1-3H3,(H,24,26). The van der Waals surface area contributed by atoms with E-state index in [1.807, 2.05) is 38.1 Å². The molecule has 2 aromatic carbocycles. The summed E-state index contributed by atoms with van der Waals surface area (Å²) < 4.78 is 15.8.